The molecular formula is C26H24N2O4. The molecule has 162 valence electrons. The molecule has 0 unspecified atom stereocenters. The first kappa shape index (κ1) is 22.4. The van der Waals surface area contributed by atoms with Crippen LogP contribution >= 0.6 is 0 Å². The van der Waals surface area contributed by atoms with Crippen molar-refractivity contribution in [1.82, 2.24) is 5.32 Å². The zero-order chi connectivity index (χ0) is 22.8. The number of benzene rings is 3. The molecule has 0 aromatic heterocycles. The van der Waals surface area contributed by atoms with E-state index in [1.165, 1.54) is 0 Å². The van der Waals surface area contributed by atoms with Gasteiger partial charge in [0.1, 0.15) is 23.1 Å². The predicted molar refractivity (Wildman–Crippen MR) is 123 cm³/mol. The van der Waals surface area contributed by atoms with Crippen molar-refractivity contribution in [2.45, 2.75) is 6.42 Å². The van der Waals surface area contributed by atoms with Gasteiger partial charge in [-0.1, -0.05) is 36.4 Å². The lowest BCUT2D eigenvalue weighted by molar-refractivity contribution is -0.117. The van der Waals surface area contributed by atoms with Gasteiger partial charge in [0.25, 0.3) is 5.91 Å². The van der Waals surface area contributed by atoms with Gasteiger partial charge >= 0.3 is 0 Å². The molecule has 0 aliphatic heterocycles. The highest BCUT2D eigenvalue weighted by Crippen LogP contribution is 2.27. The molecule has 0 radical (unpaired) electrons. The molecule has 0 aliphatic rings. The number of nitrogens with zero attached hydrogens (tertiary/aromatic N) is 1. The van der Waals surface area contributed by atoms with Crippen LogP contribution in [0.25, 0.3) is 6.08 Å². The number of hydrogen-bond acceptors (Lipinski definition) is 5. The first-order chi connectivity index (χ1) is 15.6. The second kappa shape index (κ2) is 11.2. The molecule has 0 spiro atoms. The van der Waals surface area contributed by atoms with Crippen LogP contribution in [0.5, 0.6) is 23.0 Å². The third-order valence-electron chi connectivity index (χ3n) is 4.68. The van der Waals surface area contributed by atoms with Crippen molar-refractivity contribution >= 4 is 12.0 Å². The van der Waals surface area contributed by atoms with E-state index in [0.717, 1.165) is 16.9 Å². The molecule has 0 aliphatic carbocycles. The molecule has 0 saturated carbocycles. The Morgan fingerprint density at radius 2 is 1.62 bits per heavy atom. The Balaban J connectivity index is 1.57. The van der Waals surface area contributed by atoms with E-state index < -0.39 is 5.91 Å². The summed E-state index contributed by atoms with van der Waals surface area (Å²) in [7, 11) is 3.16. The van der Waals surface area contributed by atoms with Gasteiger partial charge in [-0.2, -0.15) is 5.26 Å². The third kappa shape index (κ3) is 6.13. The normalized spacial score (nSPS) is 10.7. The van der Waals surface area contributed by atoms with Gasteiger partial charge in [0.15, 0.2) is 11.5 Å². The number of hydrogen-bond donors (Lipinski definition) is 1. The minimum Gasteiger partial charge on any atom is -0.493 e. The Kier molecular flexibility index (Phi) is 7.88. The maximum Gasteiger partial charge on any atom is 0.261 e. The van der Waals surface area contributed by atoms with E-state index in [0.29, 0.717) is 30.2 Å². The highest BCUT2D eigenvalue weighted by Gasteiger charge is 2.10. The number of methoxy groups -OCH3 is 2. The van der Waals surface area contributed by atoms with E-state index in [9.17, 15) is 10.1 Å². The lowest BCUT2D eigenvalue weighted by Gasteiger charge is -2.10. The molecule has 0 atom stereocenters. The summed E-state index contributed by atoms with van der Waals surface area (Å²) in [6.45, 7) is 0.386. The first-order valence-electron chi connectivity index (χ1n) is 10.1. The predicted octanol–water partition coefficient (Wildman–Crippen LogP) is 4.76. The number of para-hydroxylation sites is 1. The van der Waals surface area contributed by atoms with E-state index in [-0.39, 0.29) is 5.57 Å². The molecule has 1 N–H and O–H groups in total. The van der Waals surface area contributed by atoms with E-state index in [2.05, 4.69) is 5.32 Å². The zero-order valence-electron chi connectivity index (χ0n) is 18.0. The summed E-state index contributed by atoms with van der Waals surface area (Å²) in [4.78, 5) is 12.4. The van der Waals surface area contributed by atoms with Crippen LogP contribution < -0.4 is 19.5 Å². The zero-order valence-corrected chi connectivity index (χ0v) is 18.0. The van der Waals surface area contributed by atoms with Crippen LogP contribution in [0.4, 0.5) is 0 Å². The van der Waals surface area contributed by atoms with E-state index >= 15 is 0 Å². The fourth-order valence-electron chi connectivity index (χ4n) is 3.02. The summed E-state index contributed by atoms with van der Waals surface area (Å²) < 4.78 is 16.3. The van der Waals surface area contributed by atoms with Crippen LogP contribution in [-0.2, 0) is 11.2 Å². The number of rotatable bonds is 9. The molecule has 0 saturated heterocycles. The molecule has 0 heterocycles. The van der Waals surface area contributed by atoms with Gasteiger partial charge in [-0.05, 0) is 60.0 Å². The van der Waals surface area contributed by atoms with Crippen LogP contribution in [0.2, 0.25) is 0 Å². The lowest BCUT2D eigenvalue weighted by atomic mass is 10.1. The molecule has 1 amide bonds. The van der Waals surface area contributed by atoms with Crippen molar-refractivity contribution in [1.29, 1.82) is 5.26 Å². The Morgan fingerprint density at radius 1 is 0.938 bits per heavy atom. The van der Waals surface area contributed by atoms with Gasteiger partial charge < -0.3 is 19.5 Å². The number of carbonyl (C=O) groups is 1. The molecule has 3 aromatic rings. The van der Waals surface area contributed by atoms with Gasteiger partial charge in [0.2, 0.25) is 0 Å². The topological polar surface area (TPSA) is 80.6 Å². The second-order valence-corrected chi connectivity index (χ2v) is 6.85. The standard InChI is InChI=1S/C26H24N2O4/c1-30-24-13-10-20(17-25(24)31-2)14-15-28-26(29)21(18-27)16-19-8-11-23(12-9-19)32-22-6-4-3-5-7-22/h3-13,16-17H,14-15H2,1-2H3,(H,28,29). The molecule has 0 bridgehead atoms. The van der Waals surface area contributed by atoms with Crippen molar-refractivity contribution in [2.24, 2.45) is 0 Å². The van der Waals surface area contributed by atoms with Crippen molar-refractivity contribution in [3.63, 3.8) is 0 Å². The summed E-state index contributed by atoms with van der Waals surface area (Å²) >= 11 is 0. The number of carbonyl (C=O) groups excluding carboxylic acids is 1. The van der Waals surface area contributed by atoms with Crippen LogP contribution in [0, 0.1) is 11.3 Å². The Labute approximate surface area is 187 Å². The number of nitrogens with one attached hydrogen (secondary N) is 1. The van der Waals surface area contributed by atoms with Crippen LogP contribution in [0.3, 0.4) is 0 Å². The average molecular weight is 428 g/mol. The van der Waals surface area contributed by atoms with Gasteiger partial charge in [0.05, 0.1) is 14.2 Å². The number of nitriles is 1. The van der Waals surface area contributed by atoms with Crippen molar-refractivity contribution in [2.75, 3.05) is 20.8 Å². The minimum absolute atomic E-state index is 0.0361. The number of amides is 1. The smallest absolute Gasteiger partial charge is 0.261 e. The minimum atomic E-state index is -0.419. The van der Waals surface area contributed by atoms with Gasteiger partial charge in [-0.3, -0.25) is 4.79 Å². The first-order valence-corrected chi connectivity index (χ1v) is 10.1. The van der Waals surface area contributed by atoms with E-state index in [4.69, 9.17) is 14.2 Å². The van der Waals surface area contributed by atoms with Crippen LogP contribution in [0.15, 0.2) is 78.4 Å². The Bertz CT molecular complexity index is 1120. The molecule has 32 heavy (non-hydrogen) atoms. The van der Waals surface area contributed by atoms with Gasteiger partial charge in [-0.15, -0.1) is 0 Å². The quantitative estimate of drug-likeness (QED) is 0.393. The van der Waals surface area contributed by atoms with Gasteiger partial charge in [0, 0.05) is 6.54 Å². The van der Waals surface area contributed by atoms with Crippen molar-refractivity contribution < 1.29 is 19.0 Å². The maximum absolute atomic E-state index is 12.4. The van der Waals surface area contributed by atoms with E-state index in [1.807, 2.05) is 54.6 Å². The molecule has 0 fully saturated rings. The monoisotopic (exact) mass is 428 g/mol. The van der Waals surface area contributed by atoms with Crippen molar-refractivity contribution in [3.8, 4) is 29.1 Å². The SMILES string of the molecule is COc1ccc(CCNC(=O)C(C#N)=Cc2ccc(Oc3ccccc3)cc2)cc1OC. The second-order valence-electron chi connectivity index (χ2n) is 6.85. The summed E-state index contributed by atoms with van der Waals surface area (Å²) in [6, 6.07) is 24.2. The summed E-state index contributed by atoms with van der Waals surface area (Å²) in [6.07, 6.45) is 2.15. The lowest BCUT2D eigenvalue weighted by Crippen LogP contribution is -2.26. The Hall–Kier alpha value is -4.24. The fourth-order valence-corrected chi connectivity index (χ4v) is 3.02. The average Bonchev–Trinajstić information content (AvgIpc) is 2.84. The van der Waals surface area contributed by atoms with E-state index in [1.54, 1.807) is 44.6 Å². The molecule has 6 heteroatoms. The Morgan fingerprint density at radius 3 is 2.28 bits per heavy atom. The van der Waals surface area contributed by atoms with Crippen LogP contribution in [0.1, 0.15) is 11.1 Å². The largest absolute Gasteiger partial charge is 0.493 e. The van der Waals surface area contributed by atoms with Gasteiger partial charge in [-0.25, -0.2) is 0 Å². The summed E-state index contributed by atoms with van der Waals surface area (Å²) in [5, 5.41) is 12.2. The summed E-state index contributed by atoms with van der Waals surface area (Å²) in [5.74, 6) is 2.27. The fraction of sp³-hybridized carbons (Fsp3) is 0.154. The summed E-state index contributed by atoms with van der Waals surface area (Å²) in [5.41, 5.74) is 1.76. The molecule has 3 rings (SSSR count). The maximum atomic E-state index is 12.4. The van der Waals surface area contributed by atoms with Crippen LogP contribution in [-0.4, -0.2) is 26.7 Å². The highest BCUT2D eigenvalue weighted by molar-refractivity contribution is 6.01. The molecular weight excluding hydrogens is 404 g/mol. The molecule has 3 aromatic carbocycles. The molecule has 6 nitrogen and oxygen atoms in total. The third-order valence-corrected chi connectivity index (χ3v) is 4.68. The highest BCUT2D eigenvalue weighted by atomic mass is 16.5. The van der Waals surface area contributed by atoms with Crippen molar-refractivity contribution in [3.05, 3.63) is 89.5 Å². The number of ether oxygens (including phenoxy) is 3.